The van der Waals surface area contributed by atoms with E-state index in [1.807, 2.05) is 0 Å². The first-order chi connectivity index (χ1) is 14.8. The summed E-state index contributed by atoms with van der Waals surface area (Å²) in [7, 11) is 1.48. The van der Waals surface area contributed by atoms with E-state index in [0.717, 1.165) is 0 Å². The second kappa shape index (κ2) is 9.59. The highest BCUT2D eigenvalue weighted by Gasteiger charge is 2.36. The standard InChI is InChI=1S/C21H23FN2O7/c1-30-16-7-4-5-12-9-17(31-19(12)16)21(29)24-8-3-2-6-14(24)20(28)23-13(10-18(26)27)15(25)11-22/h4-5,7,9,13-14H,2-3,6,8,10-11H2,1H3,(H,23,28)(H,26,27)/t13-,14-/m0/s1. The van der Waals surface area contributed by atoms with E-state index in [1.165, 1.54) is 12.0 Å². The molecule has 1 aliphatic heterocycles. The Bertz CT molecular complexity index is 1000. The predicted octanol–water partition coefficient (Wildman–Crippen LogP) is 1.93. The average Bonchev–Trinajstić information content (AvgIpc) is 3.21. The first kappa shape index (κ1) is 22.3. The molecule has 0 bridgehead atoms. The normalized spacial score (nSPS) is 17.2. The summed E-state index contributed by atoms with van der Waals surface area (Å²) < 4.78 is 23.7. The van der Waals surface area contributed by atoms with Crippen LogP contribution in [0, 0.1) is 0 Å². The Kier molecular flexibility index (Phi) is 6.88. The van der Waals surface area contributed by atoms with Crippen LogP contribution < -0.4 is 10.1 Å². The van der Waals surface area contributed by atoms with Crippen molar-refractivity contribution in [2.75, 3.05) is 20.3 Å². The number of furan rings is 1. The second-order valence-corrected chi connectivity index (χ2v) is 7.26. The van der Waals surface area contributed by atoms with Gasteiger partial charge in [0.2, 0.25) is 5.91 Å². The van der Waals surface area contributed by atoms with Gasteiger partial charge in [-0.25, -0.2) is 4.39 Å². The number of hydrogen-bond donors (Lipinski definition) is 2. The fourth-order valence-electron chi connectivity index (χ4n) is 3.67. The summed E-state index contributed by atoms with van der Waals surface area (Å²) in [5.41, 5.74) is 0.404. The van der Waals surface area contributed by atoms with Gasteiger partial charge in [0.25, 0.3) is 5.91 Å². The van der Waals surface area contributed by atoms with Gasteiger partial charge in [-0.15, -0.1) is 0 Å². The van der Waals surface area contributed by atoms with Crippen LogP contribution in [0.2, 0.25) is 0 Å². The minimum absolute atomic E-state index is 0.0288. The lowest BCUT2D eigenvalue weighted by atomic mass is 9.99. The highest BCUT2D eigenvalue weighted by Crippen LogP contribution is 2.30. The number of carbonyl (C=O) groups excluding carboxylic acids is 3. The van der Waals surface area contributed by atoms with Gasteiger partial charge in [-0.1, -0.05) is 12.1 Å². The molecule has 10 heteroatoms. The first-order valence-electron chi connectivity index (χ1n) is 9.84. The maximum absolute atomic E-state index is 13.1. The van der Waals surface area contributed by atoms with Crippen molar-refractivity contribution in [2.45, 2.75) is 37.8 Å². The summed E-state index contributed by atoms with van der Waals surface area (Å²) in [6, 6.07) is 4.35. The molecular formula is C21H23FN2O7. The van der Waals surface area contributed by atoms with E-state index in [1.54, 1.807) is 24.3 Å². The minimum Gasteiger partial charge on any atom is -0.493 e. The number of aliphatic carboxylic acids is 1. The number of Topliss-reactive ketones (excluding diaryl/α,β-unsaturated/α-hetero) is 1. The minimum atomic E-state index is -1.50. The predicted molar refractivity (Wildman–Crippen MR) is 107 cm³/mol. The number of para-hydroxylation sites is 1. The van der Waals surface area contributed by atoms with Gasteiger partial charge in [-0.2, -0.15) is 0 Å². The van der Waals surface area contributed by atoms with Crippen LogP contribution in [0.3, 0.4) is 0 Å². The fraction of sp³-hybridized carbons (Fsp3) is 0.429. The molecule has 1 aliphatic rings. The van der Waals surface area contributed by atoms with Crippen molar-refractivity contribution in [1.82, 2.24) is 10.2 Å². The maximum Gasteiger partial charge on any atom is 0.305 e. The van der Waals surface area contributed by atoms with Crippen LogP contribution in [0.25, 0.3) is 11.0 Å². The molecule has 2 N–H and O–H groups in total. The zero-order chi connectivity index (χ0) is 22.5. The molecule has 31 heavy (non-hydrogen) atoms. The van der Waals surface area contributed by atoms with E-state index in [4.69, 9.17) is 14.3 Å². The van der Waals surface area contributed by atoms with Crippen molar-refractivity contribution in [3.8, 4) is 5.75 Å². The number of ketones is 1. The Morgan fingerprint density at radius 2 is 2.10 bits per heavy atom. The zero-order valence-electron chi connectivity index (χ0n) is 16.9. The van der Waals surface area contributed by atoms with E-state index in [2.05, 4.69) is 5.32 Å². The van der Waals surface area contributed by atoms with E-state index in [9.17, 15) is 23.6 Å². The lowest BCUT2D eigenvalue weighted by Gasteiger charge is -2.34. The number of rotatable bonds is 8. The number of ether oxygens (including phenoxy) is 1. The quantitative estimate of drug-likeness (QED) is 0.650. The third kappa shape index (κ3) is 4.84. The van der Waals surface area contributed by atoms with Gasteiger partial charge < -0.3 is 24.5 Å². The SMILES string of the molecule is COc1cccc2cc(C(=O)N3CCCC[C@H]3C(=O)N[C@@H](CC(=O)O)C(=O)CF)oc12. The van der Waals surface area contributed by atoms with Gasteiger partial charge in [0.1, 0.15) is 18.8 Å². The number of carboxylic acid groups (broad SMARTS) is 1. The number of nitrogens with one attached hydrogen (secondary N) is 1. The number of fused-ring (bicyclic) bond motifs is 1. The zero-order valence-corrected chi connectivity index (χ0v) is 16.9. The maximum atomic E-state index is 13.1. The van der Waals surface area contributed by atoms with Gasteiger partial charge in [-0.05, 0) is 31.4 Å². The summed E-state index contributed by atoms with van der Waals surface area (Å²) in [5.74, 6) is -3.10. The lowest BCUT2D eigenvalue weighted by Crippen LogP contribution is -2.55. The molecule has 1 aromatic heterocycles. The van der Waals surface area contributed by atoms with Crippen LogP contribution in [-0.4, -0.2) is 66.0 Å². The molecule has 0 aliphatic carbocycles. The number of carbonyl (C=O) groups is 4. The smallest absolute Gasteiger partial charge is 0.305 e. The number of piperidine rings is 1. The Balaban J connectivity index is 1.82. The molecule has 0 unspecified atom stereocenters. The number of amides is 2. The van der Waals surface area contributed by atoms with Gasteiger partial charge >= 0.3 is 5.97 Å². The van der Waals surface area contributed by atoms with E-state index in [0.29, 0.717) is 36.0 Å². The first-order valence-corrected chi connectivity index (χ1v) is 9.84. The van der Waals surface area contributed by atoms with Gasteiger partial charge in [0.05, 0.1) is 13.5 Å². The van der Waals surface area contributed by atoms with E-state index >= 15 is 0 Å². The van der Waals surface area contributed by atoms with Crippen LogP contribution >= 0.6 is 0 Å². The molecule has 2 aromatic rings. The molecule has 0 radical (unpaired) electrons. The Morgan fingerprint density at radius 3 is 2.77 bits per heavy atom. The Hall–Kier alpha value is -3.43. The average molecular weight is 434 g/mol. The highest BCUT2D eigenvalue weighted by atomic mass is 19.1. The number of likely N-dealkylation sites (tertiary alicyclic amines) is 1. The summed E-state index contributed by atoms with van der Waals surface area (Å²) in [4.78, 5) is 49.9. The van der Waals surface area contributed by atoms with Crippen molar-refractivity contribution < 1.29 is 37.8 Å². The largest absolute Gasteiger partial charge is 0.493 e. The van der Waals surface area contributed by atoms with Crippen molar-refractivity contribution >= 4 is 34.5 Å². The molecule has 1 aromatic carbocycles. The molecule has 2 amide bonds. The van der Waals surface area contributed by atoms with Crippen molar-refractivity contribution in [1.29, 1.82) is 0 Å². The number of halogens is 1. The van der Waals surface area contributed by atoms with Crippen LogP contribution in [0.15, 0.2) is 28.7 Å². The lowest BCUT2D eigenvalue weighted by molar-refractivity contribution is -0.140. The molecule has 166 valence electrons. The molecule has 1 fully saturated rings. The number of benzene rings is 1. The molecule has 9 nitrogen and oxygen atoms in total. The fourth-order valence-corrected chi connectivity index (χ4v) is 3.67. The summed E-state index contributed by atoms with van der Waals surface area (Å²) in [6.45, 7) is -1.11. The van der Waals surface area contributed by atoms with Gasteiger partial charge in [0, 0.05) is 11.9 Å². The highest BCUT2D eigenvalue weighted by molar-refractivity contribution is 6.00. The van der Waals surface area contributed by atoms with E-state index < -0.39 is 48.7 Å². The monoisotopic (exact) mass is 434 g/mol. The van der Waals surface area contributed by atoms with E-state index in [-0.39, 0.29) is 12.3 Å². The molecule has 1 saturated heterocycles. The van der Waals surface area contributed by atoms with Crippen molar-refractivity contribution in [3.05, 3.63) is 30.0 Å². The molecular weight excluding hydrogens is 411 g/mol. The topological polar surface area (TPSA) is 126 Å². The number of nitrogens with zero attached hydrogens (tertiary/aromatic N) is 1. The summed E-state index contributed by atoms with van der Waals surface area (Å²) in [5, 5.41) is 11.9. The van der Waals surface area contributed by atoms with Crippen LogP contribution in [0.1, 0.15) is 36.2 Å². The van der Waals surface area contributed by atoms with Gasteiger partial charge in [0.15, 0.2) is 22.9 Å². The molecule has 2 heterocycles. The Labute approximate surface area is 177 Å². The number of methoxy groups -OCH3 is 1. The number of carboxylic acids is 1. The second-order valence-electron chi connectivity index (χ2n) is 7.26. The third-order valence-electron chi connectivity index (χ3n) is 5.22. The van der Waals surface area contributed by atoms with Crippen molar-refractivity contribution in [2.24, 2.45) is 0 Å². The van der Waals surface area contributed by atoms with Gasteiger partial charge in [-0.3, -0.25) is 19.2 Å². The Morgan fingerprint density at radius 1 is 1.32 bits per heavy atom. The van der Waals surface area contributed by atoms with Crippen LogP contribution in [0.4, 0.5) is 4.39 Å². The summed E-state index contributed by atoms with van der Waals surface area (Å²) in [6.07, 6.45) is 0.917. The van der Waals surface area contributed by atoms with Crippen LogP contribution in [-0.2, 0) is 14.4 Å². The molecule has 0 saturated carbocycles. The summed E-state index contributed by atoms with van der Waals surface area (Å²) >= 11 is 0. The molecule has 3 rings (SSSR count). The number of alkyl halides is 1. The third-order valence-corrected chi connectivity index (χ3v) is 5.22. The molecule has 0 spiro atoms. The van der Waals surface area contributed by atoms with Crippen LogP contribution in [0.5, 0.6) is 5.75 Å². The molecule has 2 atom stereocenters. The van der Waals surface area contributed by atoms with Crippen molar-refractivity contribution in [3.63, 3.8) is 0 Å². The number of hydrogen-bond acceptors (Lipinski definition) is 6.